The smallest absolute Gasteiger partial charge is 0.407 e. The maximum Gasteiger partial charge on any atom is 0.407 e. The molecule has 1 aromatic rings. The van der Waals surface area contributed by atoms with E-state index < -0.39 is 24.1 Å². The highest BCUT2D eigenvalue weighted by Gasteiger charge is 2.17. The van der Waals surface area contributed by atoms with E-state index in [-0.39, 0.29) is 32.3 Å². The van der Waals surface area contributed by atoms with Crippen molar-refractivity contribution in [1.29, 1.82) is 0 Å². The Balaban J connectivity index is 2.40. The summed E-state index contributed by atoms with van der Waals surface area (Å²) in [5.41, 5.74) is 0.818. The van der Waals surface area contributed by atoms with Gasteiger partial charge < -0.3 is 20.3 Å². The van der Waals surface area contributed by atoms with Crippen molar-refractivity contribution < 1.29 is 29.3 Å². The molecule has 7 heteroatoms. The molecule has 1 atom stereocenters. The molecule has 0 radical (unpaired) electrons. The second-order valence-electron chi connectivity index (χ2n) is 4.79. The van der Waals surface area contributed by atoms with Crippen molar-refractivity contribution in [3.63, 3.8) is 0 Å². The largest absolute Gasteiger partial charge is 0.481 e. The molecule has 0 fully saturated rings. The number of aliphatic carboxylic acids is 2. The lowest BCUT2D eigenvalue weighted by Gasteiger charge is -2.16. The molecule has 0 aliphatic heterocycles. The number of benzene rings is 1. The fourth-order valence-corrected chi connectivity index (χ4v) is 1.87. The number of nitrogens with one attached hydrogen (secondary N) is 1. The number of rotatable bonds is 9. The molecule has 0 saturated carbocycles. The predicted octanol–water partition coefficient (Wildman–Crippen LogP) is 2.01. The normalized spacial score (nSPS) is 11.5. The predicted molar refractivity (Wildman–Crippen MR) is 77.3 cm³/mol. The number of carboxylic acid groups (broad SMARTS) is 2. The first-order valence-corrected chi connectivity index (χ1v) is 6.88. The fraction of sp³-hybridized carbons (Fsp3) is 0.400. The maximum absolute atomic E-state index is 11.7. The van der Waals surface area contributed by atoms with Crippen molar-refractivity contribution in [1.82, 2.24) is 5.32 Å². The van der Waals surface area contributed by atoms with Crippen LogP contribution in [0, 0.1) is 0 Å². The second kappa shape index (κ2) is 9.38. The highest BCUT2D eigenvalue weighted by Crippen LogP contribution is 2.07. The van der Waals surface area contributed by atoms with Crippen LogP contribution in [0.1, 0.15) is 31.2 Å². The molecule has 120 valence electrons. The van der Waals surface area contributed by atoms with Gasteiger partial charge in [-0.1, -0.05) is 30.3 Å². The Kier molecular flexibility index (Phi) is 7.45. The van der Waals surface area contributed by atoms with Crippen LogP contribution in [0.2, 0.25) is 0 Å². The zero-order chi connectivity index (χ0) is 16.4. The number of amides is 1. The van der Waals surface area contributed by atoms with Gasteiger partial charge in [-0.3, -0.25) is 9.59 Å². The van der Waals surface area contributed by atoms with Crippen molar-refractivity contribution in [2.24, 2.45) is 0 Å². The SMILES string of the molecule is O=C(O)CCCC(CC(=O)O)NC(=O)OCc1ccccc1. The molecule has 0 aliphatic rings. The number of carbonyl (C=O) groups excluding carboxylic acids is 1. The first-order chi connectivity index (χ1) is 10.5. The van der Waals surface area contributed by atoms with Crippen LogP contribution < -0.4 is 5.32 Å². The molecular formula is C15H19NO6. The average Bonchev–Trinajstić information content (AvgIpc) is 2.45. The second-order valence-corrected chi connectivity index (χ2v) is 4.79. The van der Waals surface area contributed by atoms with Crippen molar-refractivity contribution >= 4 is 18.0 Å². The molecule has 0 aliphatic carbocycles. The van der Waals surface area contributed by atoms with Crippen LogP contribution in [-0.4, -0.2) is 34.3 Å². The average molecular weight is 309 g/mol. The Morgan fingerprint density at radius 2 is 1.77 bits per heavy atom. The molecule has 1 amide bonds. The molecule has 1 unspecified atom stereocenters. The first kappa shape index (κ1) is 17.5. The van der Waals surface area contributed by atoms with Crippen molar-refractivity contribution in [3.05, 3.63) is 35.9 Å². The zero-order valence-corrected chi connectivity index (χ0v) is 12.0. The summed E-state index contributed by atoms with van der Waals surface area (Å²) in [5, 5.41) is 19.8. The first-order valence-electron chi connectivity index (χ1n) is 6.88. The number of hydrogen-bond donors (Lipinski definition) is 3. The molecule has 7 nitrogen and oxygen atoms in total. The summed E-state index contributed by atoms with van der Waals surface area (Å²) in [6.45, 7) is 0.0849. The summed E-state index contributed by atoms with van der Waals surface area (Å²) in [5.74, 6) is -2.02. The highest BCUT2D eigenvalue weighted by atomic mass is 16.5. The molecule has 0 aromatic heterocycles. The van der Waals surface area contributed by atoms with E-state index in [9.17, 15) is 14.4 Å². The van der Waals surface area contributed by atoms with Crippen LogP contribution >= 0.6 is 0 Å². The maximum atomic E-state index is 11.7. The monoisotopic (exact) mass is 309 g/mol. The zero-order valence-electron chi connectivity index (χ0n) is 12.0. The molecule has 0 spiro atoms. The van der Waals surface area contributed by atoms with Crippen LogP contribution in [0.15, 0.2) is 30.3 Å². The van der Waals surface area contributed by atoms with E-state index in [1.807, 2.05) is 18.2 Å². The fourth-order valence-electron chi connectivity index (χ4n) is 1.87. The van der Waals surface area contributed by atoms with E-state index in [1.54, 1.807) is 12.1 Å². The lowest BCUT2D eigenvalue weighted by Crippen LogP contribution is -2.36. The third-order valence-corrected chi connectivity index (χ3v) is 2.90. The number of carboxylic acids is 2. The lowest BCUT2D eigenvalue weighted by atomic mass is 10.1. The summed E-state index contributed by atoms with van der Waals surface area (Å²) in [7, 11) is 0. The van der Waals surface area contributed by atoms with Crippen LogP contribution in [0.3, 0.4) is 0 Å². The van der Waals surface area contributed by atoms with Crippen LogP contribution in [-0.2, 0) is 20.9 Å². The van der Waals surface area contributed by atoms with Gasteiger partial charge in [0.15, 0.2) is 0 Å². The Morgan fingerprint density at radius 3 is 2.36 bits per heavy atom. The Hall–Kier alpha value is -2.57. The molecule has 0 heterocycles. The van der Waals surface area contributed by atoms with Crippen LogP contribution in [0.25, 0.3) is 0 Å². The minimum absolute atomic E-state index is 0.0726. The summed E-state index contributed by atoms with van der Waals surface area (Å²) in [6.07, 6.45) is -0.521. The van der Waals surface area contributed by atoms with Crippen molar-refractivity contribution in [2.75, 3.05) is 0 Å². The van der Waals surface area contributed by atoms with E-state index in [0.717, 1.165) is 5.56 Å². The van der Waals surface area contributed by atoms with Crippen molar-refractivity contribution in [3.8, 4) is 0 Å². The van der Waals surface area contributed by atoms with Gasteiger partial charge in [0.1, 0.15) is 6.61 Å². The Morgan fingerprint density at radius 1 is 1.09 bits per heavy atom. The van der Waals surface area contributed by atoms with Gasteiger partial charge in [0.2, 0.25) is 0 Å². The molecule has 22 heavy (non-hydrogen) atoms. The van der Waals surface area contributed by atoms with E-state index in [1.165, 1.54) is 0 Å². The number of alkyl carbamates (subject to hydrolysis) is 1. The summed E-state index contributed by atoms with van der Waals surface area (Å²) < 4.78 is 5.01. The third kappa shape index (κ3) is 7.88. The highest BCUT2D eigenvalue weighted by molar-refractivity contribution is 5.71. The van der Waals surface area contributed by atoms with E-state index in [0.29, 0.717) is 0 Å². The van der Waals surface area contributed by atoms with E-state index >= 15 is 0 Å². The van der Waals surface area contributed by atoms with Gasteiger partial charge in [-0.05, 0) is 18.4 Å². The lowest BCUT2D eigenvalue weighted by molar-refractivity contribution is -0.137. The Labute approximate surface area is 127 Å². The summed E-state index contributed by atoms with van der Waals surface area (Å²) in [4.78, 5) is 32.9. The van der Waals surface area contributed by atoms with Crippen LogP contribution in [0.5, 0.6) is 0 Å². The third-order valence-electron chi connectivity index (χ3n) is 2.90. The van der Waals surface area contributed by atoms with Gasteiger partial charge in [0.25, 0.3) is 0 Å². The number of ether oxygens (including phenoxy) is 1. The number of hydrogen-bond acceptors (Lipinski definition) is 4. The van der Waals surface area contributed by atoms with Gasteiger partial charge in [-0.2, -0.15) is 0 Å². The summed E-state index contributed by atoms with van der Waals surface area (Å²) >= 11 is 0. The minimum Gasteiger partial charge on any atom is -0.481 e. The van der Waals surface area contributed by atoms with Gasteiger partial charge in [0, 0.05) is 12.5 Å². The summed E-state index contributed by atoms with van der Waals surface area (Å²) in [6, 6.07) is 8.42. The van der Waals surface area contributed by atoms with E-state index in [4.69, 9.17) is 14.9 Å². The van der Waals surface area contributed by atoms with Crippen molar-refractivity contribution in [2.45, 2.75) is 38.3 Å². The quantitative estimate of drug-likeness (QED) is 0.643. The molecule has 0 saturated heterocycles. The minimum atomic E-state index is -1.07. The molecule has 3 N–H and O–H groups in total. The van der Waals surface area contributed by atoms with E-state index in [2.05, 4.69) is 5.32 Å². The number of carbonyl (C=O) groups is 3. The topological polar surface area (TPSA) is 113 Å². The molecular weight excluding hydrogens is 290 g/mol. The van der Waals surface area contributed by atoms with Crippen LogP contribution in [0.4, 0.5) is 4.79 Å². The molecule has 1 aromatic carbocycles. The van der Waals surface area contributed by atoms with Gasteiger partial charge >= 0.3 is 18.0 Å². The van der Waals surface area contributed by atoms with Gasteiger partial charge in [-0.15, -0.1) is 0 Å². The molecule has 0 bridgehead atoms. The Bertz CT molecular complexity index is 502. The molecule has 1 rings (SSSR count). The van der Waals surface area contributed by atoms with Gasteiger partial charge in [-0.25, -0.2) is 4.79 Å². The van der Waals surface area contributed by atoms with Gasteiger partial charge in [0.05, 0.1) is 6.42 Å². The standard InChI is InChI=1S/C15H19NO6/c17-13(18)8-4-7-12(9-14(19)20)16-15(21)22-10-11-5-2-1-3-6-11/h1-3,5-6,12H,4,7-10H2,(H,16,21)(H,17,18)(H,19,20).